The Balaban J connectivity index is 1.98. The van der Waals surface area contributed by atoms with E-state index in [1.54, 1.807) is 57.6 Å². The summed E-state index contributed by atoms with van der Waals surface area (Å²) < 4.78 is 18.4. The Bertz CT molecular complexity index is 1190. The first-order chi connectivity index (χ1) is 15.0. The highest BCUT2D eigenvalue weighted by Crippen LogP contribution is 2.25. The standard InChI is InChI=1S/C23H24N2O5S/c1-5-11-25-18-10-8-16(22(27)30-6-2)12-20(18)31-23(25)24-21(26)13-15-7-9-17(28-3)14-19(15)29-4/h5,7-10,12,14H,1,6,11,13H2,2-4H3. The zero-order chi connectivity index (χ0) is 22.4. The number of hydrogen-bond acceptors (Lipinski definition) is 6. The minimum absolute atomic E-state index is 0.0869. The normalized spacial score (nSPS) is 11.4. The second kappa shape index (κ2) is 10.1. The first kappa shape index (κ1) is 22.3. The molecule has 0 bridgehead atoms. The van der Waals surface area contributed by atoms with Gasteiger partial charge in [0.2, 0.25) is 0 Å². The summed E-state index contributed by atoms with van der Waals surface area (Å²) in [4.78, 5) is 29.7. The second-order valence-corrected chi connectivity index (χ2v) is 7.56. The number of rotatable bonds is 8. The van der Waals surface area contributed by atoms with Crippen molar-refractivity contribution >= 4 is 33.4 Å². The fraction of sp³-hybridized carbons (Fsp3) is 0.261. The van der Waals surface area contributed by atoms with Gasteiger partial charge in [0.15, 0.2) is 4.80 Å². The van der Waals surface area contributed by atoms with Crippen molar-refractivity contribution in [3.05, 3.63) is 65.0 Å². The zero-order valence-electron chi connectivity index (χ0n) is 17.7. The minimum atomic E-state index is -0.380. The van der Waals surface area contributed by atoms with Crippen LogP contribution in [0, 0.1) is 0 Å². The van der Waals surface area contributed by atoms with E-state index in [1.165, 1.54) is 11.3 Å². The van der Waals surface area contributed by atoms with Crippen LogP contribution in [-0.4, -0.2) is 37.3 Å². The maximum absolute atomic E-state index is 12.7. The number of amides is 1. The highest BCUT2D eigenvalue weighted by molar-refractivity contribution is 7.16. The van der Waals surface area contributed by atoms with Crippen molar-refractivity contribution in [2.45, 2.75) is 19.9 Å². The third kappa shape index (κ3) is 5.03. The van der Waals surface area contributed by atoms with Crippen LogP contribution >= 0.6 is 11.3 Å². The lowest BCUT2D eigenvalue weighted by Crippen LogP contribution is -2.17. The number of thiazole rings is 1. The van der Waals surface area contributed by atoms with E-state index in [9.17, 15) is 9.59 Å². The van der Waals surface area contributed by atoms with Gasteiger partial charge >= 0.3 is 5.97 Å². The van der Waals surface area contributed by atoms with Gasteiger partial charge in [-0.3, -0.25) is 4.79 Å². The second-order valence-electron chi connectivity index (χ2n) is 6.55. The SMILES string of the molecule is C=CCn1c(=NC(=O)Cc2ccc(OC)cc2OC)sc2cc(C(=O)OCC)ccc21. The molecule has 0 saturated heterocycles. The summed E-state index contributed by atoms with van der Waals surface area (Å²) in [5, 5.41) is 0. The van der Waals surface area contributed by atoms with Gasteiger partial charge in [-0.15, -0.1) is 6.58 Å². The van der Waals surface area contributed by atoms with E-state index < -0.39 is 0 Å². The van der Waals surface area contributed by atoms with E-state index in [2.05, 4.69) is 11.6 Å². The molecular weight excluding hydrogens is 416 g/mol. The Hall–Kier alpha value is -3.39. The quantitative estimate of drug-likeness (QED) is 0.394. The summed E-state index contributed by atoms with van der Waals surface area (Å²) in [6.07, 6.45) is 1.82. The molecule has 0 atom stereocenters. The van der Waals surface area contributed by atoms with E-state index >= 15 is 0 Å². The molecule has 1 aromatic heterocycles. The van der Waals surface area contributed by atoms with Gasteiger partial charge < -0.3 is 18.8 Å². The number of methoxy groups -OCH3 is 2. The van der Waals surface area contributed by atoms with Crippen LogP contribution in [0.5, 0.6) is 11.5 Å². The Morgan fingerprint density at radius 3 is 2.65 bits per heavy atom. The number of hydrogen-bond donors (Lipinski definition) is 0. The summed E-state index contributed by atoms with van der Waals surface area (Å²) in [6.45, 7) is 6.35. The topological polar surface area (TPSA) is 79.1 Å². The summed E-state index contributed by atoms with van der Waals surface area (Å²) in [5.41, 5.74) is 2.05. The third-order valence-corrected chi connectivity index (χ3v) is 5.60. The van der Waals surface area contributed by atoms with Crippen molar-refractivity contribution in [1.82, 2.24) is 4.57 Å². The van der Waals surface area contributed by atoms with Crippen LogP contribution in [0.1, 0.15) is 22.8 Å². The molecule has 0 saturated carbocycles. The van der Waals surface area contributed by atoms with Crippen LogP contribution in [0.25, 0.3) is 10.2 Å². The lowest BCUT2D eigenvalue weighted by molar-refractivity contribution is -0.117. The number of aromatic nitrogens is 1. The molecule has 31 heavy (non-hydrogen) atoms. The van der Waals surface area contributed by atoms with Crippen molar-refractivity contribution in [2.24, 2.45) is 4.99 Å². The largest absolute Gasteiger partial charge is 0.497 e. The van der Waals surface area contributed by atoms with Crippen LogP contribution < -0.4 is 14.3 Å². The number of benzene rings is 2. The number of allylic oxidation sites excluding steroid dienone is 1. The molecule has 0 radical (unpaired) electrons. The summed E-state index contributed by atoms with van der Waals surface area (Å²) in [5.74, 6) is 0.528. The molecule has 0 spiro atoms. The van der Waals surface area contributed by atoms with Crippen LogP contribution in [0.3, 0.4) is 0 Å². The highest BCUT2D eigenvalue weighted by Gasteiger charge is 2.13. The average Bonchev–Trinajstić information content (AvgIpc) is 3.10. The molecule has 0 aliphatic rings. The summed E-state index contributed by atoms with van der Waals surface area (Å²) in [7, 11) is 3.12. The van der Waals surface area contributed by atoms with Crippen molar-refractivity contribution in [2.75, 3.05) is 20.8 Å². The lowest BCUT2D eigenvalue weighted by Gasteiger charge is -2.08. The summed E-state index contributed by atoms with van der Waals surface area (Å²) in [6, 6.07) is 10.6. The van der Waals surface area contributed by atoms with Gasteiger partial charge in [0, 0.05) is 18.2 Å². The molecule has 2 aromatic carbocycles. The van der Waals surface area contributed by atoms with Crippen LogP contribution in [0.4, 0.5) is 0 Å². The number of fused-ring (bicyclic) bond motifs is 1. The predicted molar refractivity (Wildman–Crippen MR) is 120 cm³/mol. The van der Waals surface area contributed by atoms with Gasteiger partial charge in [0.1, 0.15) is 11.5 Å². The van der Waals surface area contributed by atoms with Gasteiger partial charge in [-0.1, -0.05) is 23.5 Å². The van der Waals surface area contributed by atoms with E-state index in [0.29, 0.717) is 35.0 Å². The highest BCUT2D eigenvalue weighted by atomic mass is 32.1. The maximum atomic E-state index is 12.7. The zero-order valence-corrected chi connectivity index (χ0v) is 18.5. The molecular formula is C23H24N2O5S. The fourth-order valence-electron chi connectivity index (χ4n) is 3.11. The average molecular weight is 441 g/mol. The number of carbonyl (C=O) groups excluding carboxylic acids is 2. The van der Waals surface area contributed by atoms with Crippen molar-refractivity contribution in [3.63, 3.8) is 0 Å². The van der Waals surface area contributed by atoms with Gasteiger partial charge in [0.25, 0.3) is 5.91 Å². The molecule has 0 fully saturated rings. The molecule has 1 heterocycles. The van der Waals surface area contributed by atoms with Crippen molar-refractivity contribution in [3.8, 4) is 11.5 Å². The molecule has 0 unspecified atom stereocenters. The van der Waals surface area contributed by atoms with Gasteiger partial charge in [-0.05, 0) is 31.2 Å². The smallest absolute Gasteiger partial charge is 0.338 e. The van der Waals surface area contributed by atoms with E-state index in [1.807, 2.05) is 10.6 Å². The maximum Gasteiger partial charge on any atom is 0.338 e. The fourth-order valence-corrected chi connectivity index (χ4v) is 4.21. The number of nitrogens with zero attached hydrogens (tertiary/aromatic N) is 2. The molecule has 0 N–H and O–H groups in total. The molecule has 162 valence electrons. The minimum Gasteiger partial charge on any atom is -0.497 e. The lowest BCUT2D eigenvalue weighted by atomic mass is 10.1. The molecule has 0 aliphatic heterocycles. The van der Waals surface area contributed by atoms with Gasteiger partial charge in [-0.25, -0.2) is 4.79 Å². The first-order valence-corrected chi connectivity index (χ1v) is 10.5. The number of ether oxygens (including phenoxy) is 3. The van der Waals surface area contributed by atoms with Crippen molar-refractivity contribution < 1.29 is 23.8 Å². The predicted octanol–water partition coefficient (Wildman–Crippen LogP) is 3.75. The van der Waals surface area contributed by atoms with Crippen LogP contribution in [-0.2, 0) is 22.5 Å². The Morgan fingerprint density at radius 2 is 1.97 bits per heavy atom. The Kier molecular flexibility index (Phi) is 7.25. The van der Waals surface area contributed by atoms with E-state index in [4.69, 9.17) is 14.2 Å². The van der Waals surface area contributed by atoms with Crippen LogP contribution in [0.2, 0.25) is 0 Å². The molecule has 8 heteroatoms. The molecule has 3 aromatic rings. The van der Waals surface area contributed by atoms with Crippen LogP contribution in [0.15, 0.2) is 54.0 Å². The molecule has 7 nitrogen and oxygen atoms in total. The molecule has 1 amide bonds. The van der Waals surface area contributed by atoms with Gasteiger partial charge in [0.05, 0.1) is 43.0 Å². The summed E-state index contributed by atoms with van der Waals surface area (Å²) >= 11 is 1.34. The monoisotopic (exact) mass is 440 g/mol. The van der Waals surface area contributed by atoms with Crippen molar-refractivity contribution in [1.29, 1.82) is 0 Å². The van der Waals surface area contributed by atoms with E-state index in [-0.39, 0.29) is 18.3 Å². The molecule has 0 aliphatic carbocycles. The molecule has 3 rings (SSSR count). The Morgan fingerprint density at radius 1 is 1.16 bits per heavy atom. The first-order valence-electron chi connectivity index (χ1n) is 9.70. The van der Waals surface area contributed by atoms with Gasteiger partial charge in [-0.2, -0.15) is 4.99 Å². The number of esters is 1. The Labute approximate surface area is 184 Å². The number of carbonyl (C=O) groups is 2. The van der Waals surface area contributed by atoms with E-state index in [0.717, 1.165) is 15.8 Å². The third-order valence-electron chi connectivity index (χ3n) is 4.56.